The molecule has 0 radical (unpaired) electrons. The highest BCUT2D eigenvalue weighted by molar-refractivity contribution is 7.80. The van der Waals surface area contributed by atoms with Crippen molar-refractivity contribution >= 4 is 10.5 Å². The van der Waals surface area contributed by atoms with Gasteiger partial charge in [-0.25, -0.2) is 26.0 Å². The zero-order valence-corrected chi connectivity index (χ0v) is 16.9. The molecule has 31 heavy (non-hydrogen) atoms. The van der Waals surface area contributed by atoms with Crippen molar-refractivity contribution in [1.82, 2.24) is 0 Å². The van der Waals surface area contributed by atoms with Gasteiger partial charge >= 0.3 is 6.18 Å². The van der Waals surface area contributed by atoms with Crippen LogP contribution < -0.4 is 11.2 Å². The van der Waals surface area contributed by atoms with E-state index >= 15 is 0 Å². The second-order valence-corrected chi connectivity index (χ2v) is 3.79. The Labute approximate surface area is 174 Å². The van der Waals surface area contributed by atoms with E-state index in [2.05, 4.69) is 10.7 Å². The van der Waals surface area contributed by atoms with Gasteiger partial charge < -0.3 is 21.0 Å². The summed E-state index contributed by atoms with van der Waals surface area (Å²) in [6.07, 6.45) is -4.57. The lowest BCUT2D eigenvalue weighted by molar-refractivity contribution is -0.610. The first-order chi connectivity index (χ1) is 13.7. The topological polar surface area (TPSA) is 134 Å². The Hall–Kier alpha value is -1.02. The van der Waals surface area contributed by atoms with E-state index in [0.717, 1.165) is 12.0 Å². The Bertz CT molecular complexity index is 311. The Morgan fingerprint density at radius 3 is 1.23 bits per heavy atom. The first-order valence-corrected chi connectivity index (χ1v) is 8.57. The fourth-order valence-electron chi connectivity index (χ4n) is 0.134. The minimum atomic E-state index is -5.42. The molecule has 0 fully saturated rings. The molecule has 0 aromatic rings. The number of hydrogen-bond donors (Lipinski definition) is 2. The number of hydrogen-bond acceptors (Lipinski definition) is 5. The van der Waals surface area contributed by atoms with Crippen LogP contribution in [0.4, 0.5) is 47.9 Å². The molecule has 0 saturated carbocycles. The van der Waals surface area contributed by atoms with Crippen molar-refractivity contribution in [3.8, 4) is 0 Å². The van der Waals surface area contributed by atoms with Gasteiger partial charge in [-0.1, -0.05) is 21.3 Å². The highest BCUT2D eigenvalue weighted by atomic mass is 32.3. The van der Waals surface area contributed by atoms with Crippen LogP contribution in [0.2, 0.25) is 0 Å². The molecule has 0 aromatic carbocycles. The van der Waals surface area contributed by atoms with Crippen LogP contribution in [0.3, 0.4) is 0 Å². The summed E-state index contributed by atoms with van der Waals surface area (Å²) in [5, 5.41) is 9.36. The van der Waals surface area contributed by atoms with E-state index in [9.17, 15) is 53.1 Å². The molecule has 0 bridgehead atoms. The Balaban J connectivity index is -0.0000000337. The molecule has 19 heteroatoms. The second-order valence-electron chi connectivity index (χ2n) is 3.00. The molecule has 0 aliphatic heterocycles. The smallest absolute Gasteiger partial charge is 0.416 e. The van der Waals surface area contributed by atoms with E-state index in [-0.39, 0.29) is 13.8 Å². The average molecular weight is 524 g/mol. The highest BCUT2D eigenvalue weighted by Gasteiger charge is 2.26. The molecule has 5 N–H and O–H groups in total. The fourth-order valence-corrected chi connectivity index (χ4v) is 0.134. The van der Waals surface area contributed by atoms with Gasteiger partial charge in [0.2, 0.25) is 13.8 Å². The molecule has 0 atom stereocenters. The third-order valence-electron chi connectivity index (χ3n) is 0.782. The third-order valence-corrected chi connectivity index (χ3v) is 0.782. The van der Waals surface area contributed by atoms with Crippen LogP contribution >= 0.6 is 0 Å². The summed E-state index contributed by atoms with van der Waals surface area (Å²) in [6.45, 7) is -1.07. The Morgan fingerprint density at radius 1 is 1.00 bits per heavy atom. The summed E-state index contributed by atoms with van der Waals surface area (Å²) in [7, 11) is -5.42. The van der Waals surface area contributed by atoms with Crippen molar-refractivity contribution in [2.75, 3.05) is 46.9 Å². The van der Waals surface area contributed by atoms with Gasteiger partial charge in [0.1, 0.15) is 13.1 Å². The quantitative estimate of drug-likeness (QED) is 0.247. The van der Waals surface area contributed by atoms with Gasteiger partial charge in [0, 0.05) is 6.42 Å². The Morgan fingerprint density at radius 2 is 1.23 bits per heavy atom. The minimum Gasteiger partial charge on any atom is -0.722 e. The molecule has 0 aliphatic rings. The maximum atomic E-state index is 10.8. The SMILES string of the molecule is C.CC.FCC(F)(F)F.FCCCF.FCF.FCOF.O=S(=O)([O-])F.[NH3+]CC[NH2+][O-]. The molecule has 202 valence electrons. The fraction of sp³-hybridized carbons (Fsp3) is 1.00. The van der Waals surface area contributed by atoms with Crippen LogP contribution in [0.25, 0.3) is 0 Å². The second kappa shape index (κ2) is 51.5. The van der Waals surface area contributed by atoms with Crippen molar-refractivity contribution in [3.05, 3.63) is 5.21 Å². The third kappa shape index (κ3) is 433. The van der Waals surface area contributed by atoms with Crippen molar-refractivity contribution in [2.45, 2.75) is 33.9 Å². The van der Waals surface area contributed by atoms with E-state index in [1.54, 1.807) is 0 Å². The molecule has 0 saturated heterocycles. The molecule has 0 aromatic heterocycles. The van der Waals surface area contributed by atoms with Crippen molar-refractivity contribution < 1.29 is 77.1 Å². The zero-order chi connectivity index (χ0) is 26.1. The lowest BCUT2D eigenvalue weighted by Gasteiger charge is -1.93. The predicted octanol–water partition coefficient (Wildman–Crippen LogP) is 2.90. The molecular formula is C12H31F11N2O5S. The predicted molar refractivity (Wildman–Crippen MR) is 90.6 cm³/mol. The van der Waals surface area contributed by atoms with Crippen LogP contribution in [0.15, 0.2) is 0 Å². The van der Waals surface area contributed by atoms with Gasteiger partial charge in [-0.15, -0.1) is 3.89 Å². The van der Waals surface area contributed by atoms with Gasteiger partial charge in [-0.2, -0.15) is 18.1 Å². The number of nitrogens with two attached hydrogens (primary N) is 1. The number of rotatable bonds is 5. The van der Waals surface area contributed by atoms with E-state index in [4.69, 9.17) is 13.0 Å². The minimum absolute atomic E-state index is 0. The average Bonchev–Trinajstić information content (AvgIpc) is 2.65. The zero-order valence-electron chi connectivity index (χ0n) is 16.0. The largest absolute Gasteiger partial charge is 0.722 e. The van der Waals surface area contributed by atoms with Gasteiger partial charge in [0.15, 0.2) is 6.67 Å². The summed E-state index contributed by atoms with van der Waals surface area (Å²) >= 11 is 0. The van der Waals surface area contributed by atoms with Crippen LogP contribution in [0.5, 0.6) is 0 Å². The number of halogens is 11. The normalized spacial score (nSPS) is 8.65. The summed E-state index contributed by atoms with van der Waals surface area (Å²) < 4.78 is 138. The maximum absolute atomic E-state index is 10.8. The molecule has 0 amide bonds. The maximum Gasteiger partial charge on any atom is 0.416 e. The highest BCUT2D eigenvalue weighted by Crippen LogP contribution is 2.13. The van der Waals surface area contributed by atoms with Crippen LogP contribution in [0.1, 0.15) is 27.7 Å². The van der Waals surface area contributed by atoms with E-state index in [1.807, 2.05) is 13.8 Å². The summed E-state index contributed by atoms with van der Waals surface area (Å²) in [4.78, 5) is 2.38. The van der Waals surface area contributed by atoms with Crippen LogP contribution in [-0.4, -0.2) is 66.0 Å². The first-order valence-electron chi connectivity index (χ1n) is 7.27. The molecular weight excluding hydrogens is 493 g/mol. The van der Waals surface area contributed by atoms with E-state index in [1.165, 1.54) is 0 Å². The van der Waals surface area contributed by atoms with Gasteiger partial charge in [-0.3, -0.25) is 8.78 Å². The van der Waals surface area contributed by atoms with Crippen molar-refractivity contribution in [2.24, 2.45) is 0 Å². The van der Waals surface area contributed by atoms with Gasteiger partial charge in [0.05, 0.1) is 13.3 Å². The van der Waals surface area contributed by atoms with Gasteiger partial charge in [-0.05, 0) is 4.53 Å². The molecule has 0 aliphatic carbocycles. The summed E-state index contributed by atoms with van der Waals surface area (Å²) in [6, 6.07) is 0. The molecule has 0 unspecified atom stereocenters. The van der Waals surface area contributed by atoms with Gasteiger partial charge in [0.25, 0.3) is 10.5 Å². The number of hydroxylamine groups is 1. The lowest BCUT2D eigenvalue weighted by Crippen LogP contribution is -2.82. The lowest BCUT2D eigenvalue weighted by atomic mass is 10.5. The molecule has 0 rings (SSSR count). The van der Waals surface area contributed by atoms with E-state index < -0.39 is 50.5 Å². The van der Waals surface area contributed by atoms with Crippen LogP contribution in [0, 0.1) is 5.21 Å². The Kier molecular flexibility index (Phi) is 86.7. The molecule has 7 nitrogen and oxygen atoms in total. The van der Waals surface area contributed by atoms with Crippen LogP contribution in [-0.2, 0) is 15.4 Å². The summed E-state index contributed by atoms with van der Waals surface area (Å²) in [5.41, 5.74) is 4.31. The van der Waals surface area contributed by atoms with Crippen molar-refractivity contribution in [3.63, 3.8) is 0 Å². The van der Waals surface area contributed by atoms with E-state index in [0.29, 0.717) is 6.54 Å². The first kappa shape index (κ1) is 52.1. The summed E-state index contributed by atoms with van der Waals surface area (Å²) in [5.74, 6) is 0. The number of quaternary nitrogens is 2. The van der Waals surface area contributed by atoms with Crippen molar-refractivity contribution in [1.29, 1.82) is 0 Å². The molecule has 0 spiro atoms. The number of alkyl halides is 9. The monoisotopic (exact) mass is 524 g/mol. The standard InChI is InChI=1S/C3H6F2.C2H2F4.C2H8N2O.C2H6.CH2F2O.CH2F2.CH4.FHO3S/c4-2-1-3-5;3-1-2(4,5)6;3-1-2-4-5;1-2;2-1-4-3;2-1-3;;1-5(2,3)4/h1-3H2;1H2;1-4H2;1-2H3;1H2;1H2;1H4;(H,2,3,4). The molecule has 0 heterocycles.